The van der Waals surface area contributed by atoms with Gasteiger partial charge in [-0.3, -0.25) is 0 Å². The topological polar surface area (TPSA) is 30.7 Å². The summed E-state index contributed by atoms with van der Waals surface area (Å²) in [6.07, 6.45) is 3.65. The van der Waals surface area contributed by atoms with Crippen LogP contribution in [0.1, 0.15) is 65.4 Å². The first kappa shape index (κ1) is 14.1. The van der Waals surface area contributed by atoms with Crippen LogP contribution >= 0.6 is 0 Å². The van der Waals surface area contributed by atoms with Gasteiger partial charge in [0.1, 0.15) is 0 Å². The van der Waals surface area contributed by atoms with Crippen molar-refractivity contribution in [1.29, 1.82) is 0 Å². The molecule has 1 saturated carbocycles. The Bertz CT molecular complexity index is 495. The first-order chi connectivity index (χ1) is 9.30. The molecular formula is C17H29N3. The number of aryl methyl sites for hydroxylation is 1. The van der Waals surface area contributed by atoms with Crippen LogP contribution in [0.5, 0.6) is 0 Å². The minimum atomic E-state index is 0.453. The highest BCUT2D eigenvalue weighted by molar-refractivity contribution is 5.20. The monoisotopic (exact) mass is 275 g/mol. The molecular weight excluding hydrogens is 246 g/mol. The summed E-state index contributed by atoms with van der Waals surface area (Å²) in [5.74, 6) is 3.30. The Morgan fingerprint density at radius 1 is 1.15 bits per heavy atom. The van der Waals surface area contributed by atoms with Crippen molar-refractivity contribution in [2.45, 2.75) is 66.8 Å². The summed E-state index contributed by atoms with van der Waals surface area (Å²) in [6.45, 7) is 14.0. The smallest absolute Gasteiger partial charge is 0.0859 e. The van der Waals surface area contributed by atoms with Crippen LogP contribution in [0.4, 0.5) is 0 Å². The molecule has 0 spiro atoms. The SMILES string of the molecule is CC(C)[C@@H](C)n1nnc2c1C[C@@H]1C(C(C)(C)C)[C@@H]1CC2. The molecule has 2 aliphatic rings. The van der Waals surface area contributed by atoms with Crippen LogP contribution in [0.25, 0.3) is 0 Å². The quantitative estimate of drug-likeness (QED) is 0.819. The van der Waals surface area contributed by atoms with E-state index >= 15 is 0 Å². The van der Waals surface area contributed by atoms with Gasteiger partial charge in [-0.15, -0.1) is 5.10 Å². The number of hydrogen-bond donors (Lipinski definition) is 0. The molecule has 112 valence electrons. The predicted molar refractivity (Wildman–Crippen MR) is 81.5 cm³/mol. The number of fused-ring (bicyclic) bond motifs is 2. The van der Waals surface area contributed by atoms with E-state index in [0.29, 0.717) is 17.4 Å². The summed E-state index contributed by atoms with van der Waals surface area (Å²) >= 11 is 0. The first-order valence-corrected chi connectivity index (χ1v) is 8.23. The van der Waals surface area contributed by atoms with Crippen LogP contribution in [0.15, 0.2) is 0 Å². The van der Waals surface area contributed by atoms with Crippen LogP contribution < -0.4 is 0 Å². The fraction of sp³-hybridized carbons (Fsp3) is 0.882. The minimum absolute atomic E-state index is 0.453. The normalized spacial score (nSPS) is 30.6. The van der Waals surface area contributed by atoms with E-state index in [0.717, 1.165) is 24.2 Å². The maximum absolute atomic E-state index is 4.48. The number of aromatic nitrogens is 3. The van der Waals surface area contributed by atoms with Gasteiger partial charge in [0.15, 0.2) is 0 Å². The van der Waals surface area contributed by atoms with Crippen molar-refractivity contribution in [3.8, 4) is 0 Å². The Labute approximate surface area is 123 Å². The second-order valence-electron chi connectivity index (χ2n) is 8.37. The van der Waals surface area contributed by atoms with Gasteiger partial charge in [0, 0.05) is 0 Å². The van der Waals surface area contributed by atoms with Gasteiger partial charge < -0.3 is 0 Å². The van der Waals surface area contributed by atoms with Gasteiger partial charge in [-0.2, -0.15) is 0 Å². The molecule has 0 aliphatic heterocycles. The molecule has 3 nitrogen and oxygen atoms in total. The van der Waals surface area contributed by atoms with Crippen molar-refractivity contribution in [3.05, 3.63) is 11.4 Å². The highest BCUT2D eigenvalue weighted by Crippen LogP contribution is 2.60. The summed E-state index contributed by atoms with van der Waals surface area (Å²) in [5.41, 5.74) is 3.16. The molecule has 1 aromatic rings. The van der Waals surface area contributed by atoms with Gasteiger partial charge in [-0.05, 0) is 55.3 Å². The Morgan fingerprint density at radius 2 is 1.85 bits per heavy atom. The second kappa shape index (κ2) is 4.57. The molecule has 0 amide bonds. The maximum atomic E-state index is 4.48. The van der Waals surface area contributed by atoms with Crippen molar-refractivity contribution < 1.29 is 0 Å². The molecule has 1 unspecified atom stereocenters. The van der Waals surface area contributed by atoms with Gasteiger partial charge in [0.2, 0.25) is 0 Å². The summed E-state index contributed by atoms with van der Waals surface area (Å²) in [5, 5.41) is 8.94. The predicted octanol–water partition coefficient (Wildman–Crippen LogP) is 3.89. The fourth-order valence-electron chi connectivity index (χ4n) is 4.29. The van der Waals surface area contributed by atoms with Gasteiger partial charge >= 0.3 is 0 Å². The third-order valence-corrected chi connectivity index (χ3v) is 5.70. The zero-order chi connectivity index (χ0) is 14.7. The summed E-state index contributed by atoms with van der Waals surface area (Å²) < 4.78 is 2.22. The third-order valence-electron chi connectivity index (χ3n) is 5.70. The maximum Gasteiger partial charge on any atom is 0.0859 e. The standard InChI is InChI=1S/C17H29N3/c1-10(2)11(3)20-15-9-13-12(16(13)17(4,5)6)7-8-14(15)18-19-20/h10-13,16H,7-9H2,1-6H3/t11-,12-,13+,16?/m1/s1. The lowest BCUT2D eigenvalue weighted by atomic mass is 9.86. The molecule has 1 fully saturated rings. The van der Waals surface area contributed by atoms with Crippen molar-refractivity contribution in [3.63, 3.8) is 0 Å². The van der Waals surface area contributed by atoms with E-state index in [4.69, 9.17) is 0 Å². The van der Waals surface area contributed by atoms with Crippen molar-refractivity contribution in [2.24, 2.45) is 29.1 Å². The van der Waals surface area contributed by atoms with Crippen molar-refractivity contribution in [2.75, 3.05) is 0 Å². The van der Waals surface area contributed by atoms with Crippen LogP contribution in [0, 0.1) is 29.1 Å². The molecule has 2 aliphatic carbocycles. The molecule has 1 heterocycles. The van der Waals surface area contributed by atoms with E-state index in [9.17, 15) is 0 Å². The molecule has 0 radical (unpaired) electrons. The van der Waals surface area contributed by atoms with Crippen LogP contribution in [-0.2, 0) is 12.8 Å². The van der Waals surface area contributed by atoms with E-state index in [-0.39, 0.29) is 0 Å². The van der Waals surface area contributed by atoms with Gasteiger partial charge in [-0.1, -0.05) is 39.8 Å². The van der Waals surface area contributed by atoms with Gasteiger partial charge in [0.05, 0.1) is 17.4 Å². The summed E-state index contributed by atoms with van der Waals surface area (Å²) in [7, 11) is 0. The van der Waals surface area contributed by atoms with E-state index in [1.54, 1.807) is 0 Å². The van der Waals surface area contributed by atoms with E-state index in [2.05, 4.69) is 56.5 Å². The Kier molecular flexibility index (Phi) is 3.22. The Balaban J connectivity index is 1.86. The molecule has 4 atom stereocenters. The molecule has 1 aromatic heterocycles. The number of nitrogens with zero attached hydrogens (tertiary/aromatic N) is 3. The van der Waals surface area contributed by atoms with Gasteiger partial charge in [0.25, 0.3) is 0 Å². The number of hydrogen-bond acceptors (Lipinski definition) is 2. The summed E-state index contributed by atoms with van der Waals surface area (Å²) in [4.78, 5) is 0. The average Bonchev–Trinajstić information content (AvgIpc) is 2.94. The Hall–Kier alpha value is -0.860. The van der Waals surface area contributed by atoms with Crippen LogP contribution in [-0.4, -0.2) is 15.0 Å². The van der Waals surface area contributed by atoms with Crippen molar-refractivity contribution in [1.82, 2.24) is 15.0 Å². The molecule has 0 bridgehead atoms. The van der Waals surface area contributed by atoms with E-state index < -0.39 is 0 Å². The third kappa shape index (κ3) is 2.19. The number of rotatable bonds is 2. The first-order valence-electron chi connectivity index (χ1n) is 8.23. The summed E-state index contributed by atoms with van der Waals surface area (Å²) in [6, 6.07) is 0.453. The molecule has 0 aromatic carbocycles. The largest absolute Gasteiger partial charge is 0.246 e. The second-order valence-corrected chi connectivity index (χ2v) is 8.37. The highest BCUT2D eigenvalue weighted by atomic mass is 15.4. The molecule has 3 heteroatoms. The lowest BCUT2D eigenvalue weighted by molar-refractivity contribution is 0.309. The Morgan fingerprint density at radius 3 is 2.45 bits per heavy atom. The van der Waals surface area contributed by atoms with E-state index in [1.807, 2.05) is 0 Å². The molecule has 20 heavy (non-hydrogen) atoms. The lowest BCUT2D eigenvalue weighted by Gasteiger charge is -2.21. The fourth-order valence-corrected chi connectivity index (χ4v) is 4.29. The minimum Gasteiger partial charge on any atom is -0.246 e. The highest BCUT2D eigenvalue weighted by Gasteiger charge is 2.56. The molecule has 0 N–H and O–H groups in total. The zero-order valence-electron chi connectivity index (χ0n) is 13.8. The van der Waals surface area contributed by atoms with Crippen molar-refractivity contribution >= 4 is 0 Å². The molecule has 0 saturated heterocycles. The zero-order valence-corrected chi connectivity index (χ0v) is 13.8. The average molecular weight is 275 g/mol. The van der Waals surface area contributed by atoms with E-state index in [1.165, 1.54) is 24.2 Å². The lowest BCUT2D eigenvalue weighted by Crippen LogP contribution is -2.18. The molecule has 3 rings (SSSR count). The van der Waals surface area contributed by atoms with Gasteiger partial charge in [-0.25, -0.2) is 4.68 Å². The van der Waals surface area contributed by atoms with Crippen LogP contribution in [0.3, 0.4) is 0 Å². The van der Waals surface area contributed by atoms with Crippen LogP contribution in [0.2, 0.25) is 0 Å².